The van der Waals surface area contributed by atoms with Crippen molar-refractivity contribution in [2.24, 2.45) is 0 Å². The first-order chi connectivity index (χ1) is 10.1. The summed E-state index contributed by atoms with van der Waals surface area (Å²) >= 11 is 3.45. The average molecular weight is 326 g/mol. The first-order valence-electron chi connectivity index (χ1n) is 6.88. The topological polar surface area (TPSA) is 50.3 Å². The van der Waals surface area contributed by atoms with Crippen molar-refractivity contribution in [1.82, 2.24) is 15.3 Å². The molecule has 0 aromatic carbocycles. The molecule has 0 saturated heterocycles. The fraction of sp³-hybridized carbons (Fsp3) is 0.571. The lowest BCUT2D eigenvalue weighted by molar-refractivity contribution is 0.199. The highest BCUT2D eigenvalue weighted by Gasteiger charge is 2.13. The molecule has 0 aliphatic heterocycles. The molecule has 0 aliphatic carbocycles. The monoisotopic (exact) mass is 326 g/mol. The molecule has 21 heavy (non-hydrogen) atoms. The lowest BCUT2D eigenvalue weighted by Crippen LogP contribution is -2.18. The van der Waals surface area contributed by atoms with Gasteiger partial charge in [0.2, 0.25) is 0 Å². The first-order valence-corrected chi connectivity index (χ1v) is 8.57. The molecule has 7 heteroatoms. The number of rotatable bonds is 8. The van der Waals surface area contributed by atoms with Crippen LogP contribution in [0.1, 0.15) is 21.1 Å². The van der Waals surface area contributed by atoms with Crippen LogP contribution in [0.25, 0.3) is 0 Å². The Hall–Kier alpha value is -1.02. The lowest BCUT2D eigenvalue weighted by atomic mass is 10.4. The molecule has 116 valence electrons. The second-order valence-corrected chi connectivity index (χ2v) is 6.89. The second-order valence-electron chi connectivity index (χ2n) is 4.89. The summed E-state index contributed by atoms with van der Waals surface area (Å²) in [5.74, 6) is 0. The quantitative estimate of drug-likeness (QED) is 0.756. The van der Waals surface area contributed by atoms with E-state index in [0.29, 0.717) is 0 Å². The molecule has 0 atom stereocenters. The number of hydrogen-bond acceptors (Lipinski definition) is 7. The summed E-state index contributed by atoms with van der Waals surface area (Å²) in [5, 5.41) is 4.43. The number of thiazole rings is 2. The van der Waals surface area contributed by atoms with Crippen LogP contribution in [0, 0.1) is 13.8 Å². The highest BCUT2D eigenvalue weighted by atomic mass is 32.1. The summed E-state index contributed by atoms with van der Waals surface area (Å²) in [6.45, 7) is 7.42. The third-order valence-corrected chi connectivity index (χ3v) is 5.39. The molecule has 0 fully saturated rings. The van der Waals surface area contributed by atoms with Crippen LogP contribution in [0.15, 0.2) is 5.51 Å². The molecule has 2 heterocycles. The number of nitrogens with zero attached hydrogens (tertiary/aromatic N) is 3. The van der Waals surface area contributed by atoms with Crippen LogP contribution in [0.5, 0.6) is 0 Å². The molecular weight excluding hydrogens is 304 g/mol. The van der Waals surface area contributed by atoms with Gasteiger partial charge in [-0.25, -0.2) is 9.97 Å². The summed E-state index contributed by atoms with van der Waals surface area (Å²) in [5.41, 5.74) is 4.12. The van der Waals surface area contributed by atoms with Gasteiger partial charge >= 0.3 is 0 Å². The Morgan fingerprint density at radius 2 is 2.10 bits per heavy atom. The molecule has 5 nitrogen and oxygen atoms in total. The van der Waals surface area contributed by atoms with Crippen molar-refractivity contribution in [1.29, 1.82) is 0 Å². The molecule has 0 amide bonds. The van der Waals surface area contributed by atoms with E-state index < -0.39 is 0 Å². The van der Waals surface area contributed by atoms with E-state index >= 15 is 0 Å². The second kappa shape index (κ2) is 7.84. The Balaban J connectivity index is 1.95. The summed E-state index contributed by atoms with van der Waals surface area (Å²) in [4.78, 5) is 13.7. The van der Waals surface area contributed by atoms with Gasteiger partial charge < -0.3 is 15.0 Å². The minimum absolute atomic E-state index is 0.731. The van der Waals surface area contributed by atoms with Gasteiger partial charge in [-0.3, -0.25) is 0 Å². The normalized spacial score (nSPS) is 11.0. The number of methoxy groups -OCH3 is 1. The van der Waals surface area contributed by atoms with Crippen LogP contribution < -0.4 is 10.2 Å². The summed E-state index contributed by atoms with van der Waals surface area (Å²) in [7, 11) is 3.80. The minimum atomic E-state index is 0.731. The van der Waals surface area contributed by atoms with E-state index in [1.165, 1.54) is 9.75 Å². The van der Waals surface area contributed by atoms with Crippen LogP contribution >= 0.6 is 22.7 Å². The Kier molecular flexibility index (Phi) is 6.10. The SMILES string of the molecule is COCCNCc1sc(N(C)Cc2scnc2C)nc1C. The van der Waals surface area contributed by atoms with Gasteiger partial charge in [0, 0.05) is 37.0 Å². The van der Waals surface area contributed by atoms with E-state index in [1.807, 2.05) is 5.51 Å². The molecule has 0 aliphatic rings. The van der Waals surface area contributed by atoms with Crippen molar-refractivity contribution in [2.45, 2.75) is 26.9 Å². The highest BCUT2D eigenvalue weighted by molar-refractivity contribution is 7.15. The zero-order valence-electron chi connectivity index (χ0n) is 13.0. The largest absolute Gasteiger partial charge is 0.383 e. The van der Waals surface area contributed by atoms with E-state index in [1.54, 1.807) is 29.8 Å². The predicted molar refractivity (Wildman–Crippen MR) is 89.4 cm³/mol. The Morgan fingerprint density at radius 3 is 2.76 bits per heavy atom. The maximum Gasteiger partial charge on any atom is 0.185 e. The smallest absolute Gasteiger partial charge is 0.185 e. The minimum Gasteiger partial charge on any atom is -0.383 e. The molecule has 0 radical (unpaired) electrons. The summed E-state index contributed by atoms with van der Waals surface area (Å²) in [6.07, 6.45) is 0. The van der Waals surface area contributed by atoms with Crippen LogP contribution in [0.3, 0.4) is 0 Å². The van der Waals surface area contributed by atoms with Crippen molar-refractivity contribution in [3.05, 3.63) is 26.7 Å². The van der Waals surface area contributed by atoms with Gasteiger partial charge in [-0.15, -0.1) is 22.7 Å². The highest BCUT2D eigenvalue weighted by Crippen LogP contribution is 2.27. The van der Waals surface area contributed by atoms with Crippen molar-refractivity contribution in [2.75, 3.05) is 32.2 Å². The molecule has 0 saturated carbocycles. The van der Waals surface area contributed by atoms with Gasteiger partial charge in [-0.1, -0.05) is 0 Å². The predicted octanol–water partition coefficient (Wildman–Crippen LogP) is 2.59. The van der Waals surface area contributed by atoms with Crippen molar-refractivity contribution >= 4 is 27.8 Å². The van der Waals surface area contributed by atoms with Gasteiger partial charge in [-0.2, -0.15) is 0 Å². The number of aromatic nitrogens is 2. The third kappa shape index (κ3) is 4.47. The number of aryl methyl sites for hydroxylation is 2. The van der Waals surface area contributed by atoms with Crippen LogP contribution in [-0.2, 0) is 17.8 Å². The fourth-order valence-electron chi connectivity index (χ4n) is 1.88. The molecule has 0 spiro atoms. The zero-order valence-corrected chi connectivity index (χ0v) is 14.6. The number of hydrogen-bond donors (Lipinski definition) is 1. The van der Waals surface area contributed by atoms with Crippen LogP contribution in [0.2, 0.25) is 0 Å². The standard InChI is InChI=1S/C14H22N4OS2/c1-10-13(20-9-16-10)8-18(3)14-17-11(2)12(21-14)7-15-5-6-19-4/h9,15H,5-8H2,1-4H3. The fourth-order valence-corrected chi connectivity index (χ4v) is 3.70. The van der Waals surface area contributed by atoms with Gasteiger partial charge in [-0.05, 0) is 13.8 Å². The van der Waals surface area contributed by atoms with Crippen molar-refractivity contribution in [3.63, 3.8) is 0 Å². The van der Waals surface area contributed by atoms with E-state index in [0.717, 1.165) is 42.8 Å². The molecule has 0 bridgehead atoms. The molecule has 2 aromatic rings. The van der Waals surface area contributed by atoms with Crippen LogP contribution in [0.4, 0.5) is 5.13 Å². The number of nitrogens with one attached hydrogen (secondary N) is 1. The van der Waals surface area contributed by atoms with Gasteiger partial charge in [0.05, 0.1) is 30.1 Å². The third-order valence-electron chi connectivity index (χ3n) is 3.20. The van der Waals surface area contributed by atoms with E-state index in [9.17, 15) is 0 Å². The first kappa shape index (κ1) is 16.4. The zero-order chi connectivity index (χ0) is 15.2. The lowest BCUT2D eigenvalue weighted by Gasteiger charge is -2.14. The van der Waals surface area contributed by atoms with Gasteiger partial charge in [0.25, 0.3) is 0 Å². The van der Waals surface area contributed by atoms with Gasteiger partial charge in [0.15, 0.2) is 5.13 Å². The average Bonchev–Trinajstić information content (AvgIpc) is 3.02. The summed E-state index contributed by atoms with van der Waals surface area (Å²) < 4.78 is 5.04. The Bertz CT molecular complexity index is 567. The van der Waals surface area contributed by atoms with Crippen molar-refractivity contribution in [3.8, 4) is 0 Å². The Morgan fingerprint density at radius 1 is 1.29 bits per heavy atom. The molecule has 1 N–H and O–H groups in total. The molecule has 2 aromatic heterocycles. The van der Waals surface area contributed by atoms with Crippen LogP contribution in [-0.4, -0.2) is 37.3 Å². The van der Waals surface area contributed by atoms with E-state index in [2.05, 4.69) is 41.1 Å². The van der Waals surface area contributed by atoms with Gasteiger partial charge in [0.1, 0.15) is 0 Å². The molecule has 2 rings (SSSR count). The van der Waals surface area contributed by atoms with Crippen molar-refractivity contribution < 1.29 is 4.74 Å². The molecular formula is C14H22N4OS2. The van der Waals surface area contributed by atoms with E-state index in [4.69, 9.17) is 4.74 Å². The Labute approximate surface area is 134 Å². The molecule has 0 unspecified atom stereocenters. The number of ether oxygens (including phenoxy) is 1. The van der Waals surface area contributed by atoms with E-state index in [-0.39, 0.29) is 0 Å². The maximum absolute atomic E-state index is 5.04. The number of anilines is 1. The maximum atomic E-state index is 5.04. The summed E-state index contributed by atoms with van der Waals surface area (Å²) in [6, 6.07) is 0.